The van der Waals surface area contributed by atoms with E-state index in [1.54, 1.807) is 0 Å². The SMILES string of the molecule is CCCCCCCCCCCCCCCCCCCCCC(O)C(COP(=O)(O)OCCN)NC(=O)CC(O)CCCCCCCCCCCCCCC. The molecule has 4 unspecified atom stereocenters. The van der Waals surface area contributed by atoms with Crippen molar-refractivity contribution in [1.82, 2.24) is 5.32 Å². The number of phosphoric acid groups is 1. The molecule has 0 aromatic heterocycles. The molecule has 0 rings (SSSR count). The Bertz CT molecular complexity index is 837. The summed E-state index contributed by atoms with van der Waals surface area (Å²) in [5.74, 6) is -0.409. The summed E-state index contributed by atoms with van der Waals surface area (Å²) >= 11 is 0. The molecule has 6 N–H and O–H groups in total. The number of unbranched alkanes of at least 4 members (excludes halogenated alkanes) is 30. The lowest BCUT2D eigenvalue weighted by atomic mass is 10.0. The van der Waals surface area contributed by atoms with E-state index in [4.69, 9.17) is 14.8 Å². The first-order valence-corrected chi connectivity index (χ1v) is 24.7. The second-order valence-electron chi connectivity index (χ2n) is 16.2. The molecule has 0 spiro atoms. The van der Waals surface area contributed by atoms with Crippen LogP contribution < -0.4 is 11.1 Å². The van der Waals surface area contributed by atoms with Crippen LogP contribution in [0, 0.1) is 0 Å². The number of phosphoric ester groups is 1. The third-order valence-corrected chi connectivity index (χ3v) is 11.7. The molecule has 0 aromatic rings. The molecule has 0 saturated heterocycles. The molecule has 0 heterocycles. The van der Waals surface area contributed by atoms with E-state index < -0.39 is 32.0 Å². The molecule has 4 atom stereocenters. The molecule has 0 bridgehead atoms. The lowest BCUT2D eigenvalue weighted by Gasteiger charge is -2.25. The molecule has 10 heteroatoms. The third-order valence-electron chi connectivity index (χ3n) is 10.8. The van der Waals surface area contributed by atoms with Crippen LogP contribution in [0.5, 0.6) is 0 Å². The Morgan fingerprint density at radius 3 is 1.24 bits per heavy atom. The van der Waals surface area contributed by atoms with Gasteiger partial charge in [0.1, 0.15) is 0 Å². The quantitative estimate of drug-likeness (QED) is 0.0302. The van der Waals surface area contributed by atoms with Gasteiger partial charge in [0.15, 0.2) is 0 Å². The van der Waals surface area contributed by atoms with E-state index in [1.807, 2.05) is 0 Å². The number of nitrogens with two attached hydrogens (primary N) is 1. The maximum Gasteiger partial charge on any atom is 0.472 e. The van der Waals surface area contributed by atoms with Crippen LogP contribution in [-0.2, 0) is 18.4 Å². The zero-order chi connectivity index (χ0) is 39.8. The predicted octanol–water partition coefficient (Wildman–Crippen LogP) is 12.0. The van der Waals surface area contributed by atoms with Crippen LogP contribution in [0.25, 0.3) is 0 Å². The van der Waals surface area contributed by atoms with Gasteiger partial charge in [-0.25, -0.2) is 4.57 Å². The zero-order valence-electron chi connectivity index (χ0n) is 35.6. The average molecular weight is 791 g/mol. The standard InChI is InChI=1S/C44H91N2O7P/c1-3-5-7-9-11-13-15-17-18-19-20-21-22-24-26-28-30-32-34-36-43(48)42(40-53-54(50,51)52-38-37-45)46-44(49)39-41(47)35-33-31-29-27-25-23-16-14-12-10-8-6-4-2/h41-43,47-48H,3-40,45H2,1-2H3,(H,46,49)(H,50,51). The Balaban J connectivity index is 4.19. The summed E-state index contributed by atoms with van der Waals surface area (Å²) in [6.45, 7) is 4.07. The molecule has 9 nitrogen and oxygen atoms in total. The van der Waals surface area contributed by atoms with Gasteiger partial charge in [0.05, 0.1) is 37.9 Å². The summed E-state index contributed by atoms with van der Waals surface area (Å²) in [6.07, 6.45) is 40.0. The molecule has 0 radical (unpaired) electrons. The number of aliphatic hydroxyl groups is 2. The van der Waals surface area contributed by atoms with Crippen molar-refractivity contribution >= 4 is 13.7 Å². The first kappa shape index (κ1) is 53.5. The third kappa shape index (κ3) is 38.3. The van der Waals surface area contributed by atoms with E-state index in [-0.39, 0.29) is 26.2 Å². The summed E-state index contributed by atoms with van der Waals surface area (Å²) < 4.78 is 22.2. The minimum atomic E-state index is -4.37. The monoisotopic (exact) mass is 791 g/mol. The summed E-state index contributed by atoms with van der Waals surface area (Å²) in [5, 5.41) is 24.2. The lowest BCUT2D eigenvalue weighted by Crippen LogP contribution is -2.47. The highest BCUT2D eigenvalue weighted by molar-refractivity contribution is 7.47. The van der Waals surface area contributed by atoms with Gasteiger partial charge >= 0.3 is 7.82 Å². The minimum Gasteiger partial charge on any atom is -0.393 e. The van der Waals surface area contributed by atoms with Gasteiger partial charge in [0, 0.05) is 6.54 Å². The fraction of sp³-hybridized carbons (Fsp3) is 0.977. The molecule has 54 heavy (non-hydrogen) atoms. The molecule has 0 saturated carbocycles. The van der Waals surface area contributed by atoms with Gasteiger partial charge in [0.2, 0.25) is 5.91 Å². The van der Waals surface area contributed by atoms with Gasteiger partial charge in [-0.2, -0.15) is 0 Å². The number of nitrogens with one attached hydrogen (secondary N) is 1. The van der Waals surface area contributed by atoms with Gasteiger partial charge in [-0.05, 0) is 12.8 Å². The van der Waals surface area contributed by atoms with E-state index in [9.17, 15) is 24.5 Å². The molecule has 0 aliphatic rings. The van der Waals surface area contributed by atoms with E-state index in [1.165, 1.54) is 167 Å². The van der Waals surface area contributed by atoms with Crippen molar-refractivity contribution in [3.8, 4) is 0 Å². The Labute approximate surface area is 334 Å². The van der Waals surface area contributed by atoms with Crippen molar-refractivity contribution in [2.75, 3.05) is 19.8 Å². The molecule has 0 aliphatic heterocycles. The Morgan fingerprint density at radius 1 is 0.556 bits per heavy atom. The fourth-order valence-corrected chi connectivity index (χ4v) is 8.00. The van der Waals surface area contributed by atoms with E-state index in [0.29, 0.717) is 12.8 Å². The predicted molar refractivity (Wildman–Crippen MR) is 228 cm³/mol. The molecule has 1 amide bonds. The van der Waals surface area contributed by atoms with Gasteiger partial charge in [-0.15, -0.1) is 0 Å². The molecular formula is C44H91N2O7P. The number of hydrogen-bond donors (Lipinski definition) is 5. The van der Waals surface area contributed by atoms with Crippen LogP contribution in [0.1, 0.15) is 239 Å². The van der Waals surface area contributed by atoms with Crippen molar-refractivity contribution in [3.05, 3.63) is 0 Å². The van der Waals surface area contributed by atoms with Crippen LogP contribution in [0.2, 0.25) is 0 Å². The van der Waals surface area contributed by atoms with Crippen molar-refractivity contribution in [2.45, 2.75) is 257 Å². The van der Waals surface area contributed by atoms with Crippen molar-refractivity contribution in [1.29, 1.82) is 0 Å². The van der Waals surface area contributed by atoms with E-state index in [0.717, 1.165) is 38.5 Å². The normalized spacial score (nSPS) is 14.6. The summed E-state index contributed by atoms with van der Waals surface area (Å²) in [7, 11) is -4.37. The first-order valence-electron chi connectivity index (χ1n) is 23.2. The Kier molecular flexibility index (Phi) is 40.2. The molecule has 0 aliphatic carbocycles. The Hall–Kier alpha value is -0.540. The molecule has 0 aromatic carbocycles. The Morgan fingerprint density at radius 2 is 0.889 bits per heavy atom. The summed E-state index contributed by atoms with van der Waals surface area (Å²) in [5.41, 5.74) is 5.38. The van der Waals surface area contributed by atoms with Crippen LogP contribution in [0.4, 0.5) is 0 Å². The smallest absolute Gasteiger partial charge is 0.393 e. The molecule has 0 fully saturated rings. The largest absolute Gasteiger partial charge is 0.472 e. The first-order chi connectivity index (χ1) is 26.3. The number of amides is 1. The van der Waals surface area contributed by atoms with Gasteiger partial charge in [-0.3, -0.25) is 13.8 Å². The van der Waals surface area contributed by atoms with Crippen LogP contribution in [0.3, 0.4) is 0 Å². The average Bonchev–Trinajstić information content (AvgIpc) is 3.15. The van der Waals surface area contributed by atoms with Gasteiger partial charge in [0.25, 0.3) is 0 Å². The van der Waals surface area contributed by atoms with Gasteiger partial charge < -0.3 is 26.2 Å². The molecule has 324 valence electrons. The van der Waals surface area contributed by atoms with Crippen LogP contribution in [-0.4, -0.2) is 59.0 Å². The van der Waals surface area contributed by atoms with Crippen LogP contribution >= 0.6 is 7.82 Å². The minimum absolute atomic E-state index is 0.0627. The molecular weight excluding hydrogens is 699 g/mol. The highest BCUT2D eigenvalue weighted by Crippen LogP contribution is 2.43. The maximum atomic E-state index is 12.8. The topological polar surface area (TPSA) is 151 Å². The summed E-state index contributed by atoms with van der Waals surface area (Å²) in [4.78, 5) is 22.8. The number of carbonyl (C=O) groups excluding carboxylic acids is 1. The highest BCUT2D eigenvalue weighted by atomic mass is 31.2. The number of aliphatic hydroxyl groups excluding tert-OH is 2. The van der Waals surface area contributed by atoms with E-state index in [2.05, 4.69) is 19.2 Å². The second kappa shape index (κ2) is 40.6. The van der Waals surface area contributed by atoms with Crippen molar-refractivity contribution in [3.63, 3.8) is 0 Å². The van der Waals surface area contributed by atoms with Crippen molar-refractivity contribution < 1.29 is 33.5 Å². The van der Waals surface area contributed by atoms with Gasteiger partial charge in [-0.1, -0.05) is 219 Å². The second-order valence-corrected chi connectivity index (χ2v) is 17.6. The van der Waals surface area contributed by atoms with Crippen molar-refractivity contribution in [2.24, 2.45) is 5.73 Å². The van der Waals surface area contributed by atoms with Crippen LogP contribution in [0.15, 0.2) is 0 Å². The highest BCUT2D eigenvalue weighted by Gasteiger charge is 2.28. The summed E-state index contributed by atoms with van der Waals surface area (Å²) in [6, 6.07) is -0.890. The number of rotatable bonds is 44. The zero-order valence-corrected chi connectivity index (χ0v) is 36.5. The fourth-order valence-electron chi connectivity index (χ4n) is 7.24. The number of hydrogen-bond acceptors (Lipinski definition) is 7. The maximum absolute atomic E-state index is 12.8. The lowest BCUT2D eigenvalue weighted by molar-refractivity contribution is -0.125. The number of carbonyl (C=O) groups is 1. The van der Waals surface area contributed by atoms with E-state index >= 15 is 0 Å².